The van der Waals surface area contributed by atoms with Crippen molar-refractivity contribution in [2.45, 2.75) is 7.43 Å². The minimum atomic E-state index is -0.466. The number of H-pyrrole nitrogens is 2. The summed E-state index contributed by atoms with van der Waals surface area (Å²) in [5.41, 5.74) is 8.96. The molecule has 0 aliphatic carbocycles. The molecule has 0 aliphatic heterocycles. The fourth-order valence-electron chi connectivity index (χ4n) is 2.56. The topological polar surface area (TPSA) is 148 Å². The molecule has 2 heterocycles. The average Bonchev–Trinajstić information content (AvgIpc) is 3.24. The molecule has 0 fully saturated rings. The molecule has 0 radical (unpaired) electrons. The van der Waals surface area contributed by atoms with Crippen molar-refractivity contribution in [3.8, 4) is 12.1 Å². The number of aromatic nitrogens is 2. The monoisotopic (exact) mass is 360 g/mol. The van der Waals surface area contributed by atoms with Crippen LogP contribution in [0.2, 0.25) is 0 Å². The summed E-state index contributed by atoms with van der Waals surface area (Å²) in [6, 6.07) is 13.9. The van der Waals surface area contributed by atoms with Crippen LogP contribution < -0.4 is 5.73 Å². The summed E-state index contributed by atoms with van der Waals surface area (Å²) in [4.78, 5) is 15.8. The number of non-ortho nitro benzene ring substituents is 1. The van der Waals surface area contributed by atoms with Gasteiger partial charge in [0.05, 0.1) is 21.6 Å². The van der Waals surface area contributed by atoms with Gasteiger partial charge in [-0.1, -0.05) is 7.43 Å². The third kappa shape index (κ3) is 3.70. The number of nitro benzene ring substituents is 1. The number of nitrogens with one attached hydrogen (secondary N) is 2. The third-order valence-corrected chi connectivity index (χ3v) is 3.82. The average molecular weight is 360 g/mol. The second-order valence-corrected chi connectivity index (χ2v) is 5.42. The lowest BCUT2D eigenvalue weighted by Crippen LogP contribution is -1.86. The number of nitriles is 2. The van der Waals surface area contributed by atoms with Gasteiger partial charge < -0.3 is 15.7 Å². The Labute approximate surface area is 154 Å². The van der Waals surface area contributed by atoms with E-state index in [0.29, 0.717) is 27.7 Å². The first-order valence-electron chi connectivity index (χ1n) is 7.46. The summed E-state index contributed by atoms with van der Waals surface area (Å²) >= 11 is 0. The molecule has 0 bridgehead atoms. The number of nitro groups is 1. The van der Waals surface area contributed by atoms with Gasteiger partial charge >= 0.3 is 0 Å². The highest BCUT2D eigenvalue weighted by Crippen LogP contribution is 2.22. The van der Waals surface area contributed by atoms with Crippen molar-refractivity contribution in [2.24, 2.45) is 0 Å². The minimum absolute atomic E-state index is 0. The van der Waals surface area contributed by atoms with Crippen LogP contribution in [0.3, 0.4) is 0 Å². The molecule has 4 N–H and O–H groups in total. The van der Waals surface area contributed by atoms with E-state index < -0.39 is 4.92 Å². The number of rotatable bonds is 1. The summed E-state index contributed by atoms with van der Waals surface area (Å²) in [5, 5.41) is 29.5. The highest BCUT2D eigenvalue weighted by molar-refractivity contribution is 5.88. The first kappa shape index (κ1) is 19.0. The SMILES string of the molecule is C.N#Cc1c[nH]c2cc(N)ccc12.N#Cc1c[nH]c2cc([N+](=O)[O-])ccc12. The Morgan fingerprint density at radius 1 is 0.926 bits per heavy atom. The van der Waals surface area contributed by atoms with E-state index in [4.69, 9.17) is 16.3 Å². The lowest BCUT2D eigenvalue weighted by Gasteiger charge is -1.92. The Morgan fingerprint density at radius 3 is 1.96 bits per heavy atom. The lowest BCUT2D eigenvalue weighted by atomic mass is 10.2. The smallest absolute Gasteiger partial charge is 0.271 e. The molecule has 0 unspecified atom stereocenters. The second-order valence-electron chi connectivity index (χ2n) is 5.42. The summed E-state index contributed by atoms with van der Waals surface area (Å²) in [7, 11) is 0. The zero-order valence-electron chi connectivity index (χ0n) is 13.4. The molecule has 4 rings (SSSR count). The van der Waals surface area contributed by atoms with E-state index in [-0.39, 0.29) is 13.1 Å². The normalized spacial score (nSPS) is 9.56. The maximum atomic E-state index is 10.4. The van der Waals surface area contributed by atoms with E-state index >= 15 is 0 Å². The van der Waals surface area contributed by atoms with Crippen molar-refractivity contribution in [2.75, 3.05) is 5.73 Å². The van der Waals surface area contributed by atoms with Gasteiger partial charge in [0.1, 0.15) is 12.1 Å². The molecule has 0 aliphatic rings. The Bertz CT molecular complexity index is 1210. The molecule has 134 valence electrons. The molecule has 2 aromatic carbocycles. The van der Waals surface area contributed by atoms with E-state index in [1.54, 1.807) is 18.3 Å². The molecule has 4 aromatic rings. The molecule has 0 saturated heterocycles. The van der Waals surface area contributed by atoms with Crippen molar-refractivity contribution in [1.82, 2.24) is 9.97 Å². The molecule has 0 atom stereocenters. The van der Waals surface area contributed by atoms with Gasteiger partial charge in [-0.25, -0.2) is 0 Å². The van der Waals surface area contributed by atoms with E-state index in [9.17, 15) is 10.1 Å². The van der Waals surface area contributed by atoms with E-state index in [1.807, 2.05) is 18.2 Å². The molecular weight excluding hydrogens is 344 g/mol. The van der Waals surface area contributed by atoms with Crippen LogP contribution in [-0.2, 0) is 0 Å². The van der Waals surface area contributed by atoms with E-state index in [2.05, 4.69) is 16.0 Å². The lowest BCUT2D eigenvalue weighted by molar-refractivity contribution is -0.384. The zero-order valence-corrected chi connectivity index (χ0v) is 13.4. The van der Waals surface area contributed by atoms with Crippen molar-refractivity contribution in [3.05, 3.63) is 70.0 Å². The van der Waals surface area contributed by atoms with E-state index in [0.717, 1.165) is 10.9 Å². The van der Waals surface area contributed by atoms with Gasteiger partial charge in [0.2, 0.25) is 0 Å². The highest BCUT2D eigenvalue weighted by atomic mass is 16.6. The van der Waals surface area contributed by atoms with Crippen molar-refractivity contribution in [1.29, 1.82) is 10.5 Å². The van der Waals surface area contributed by atoms with Crippen LogP contribution in [0.15, 0.2) is 48.8 Å². The Balaban J connectivity index is 0.000000189. The number of nitrogens with two attached hydrogens (primary N) is 1. The number of aromatic amines is 2. The standard InChI is InChI=1S/C9H5N3O2.C9H7N3.CH4/c10-4-6-5-11-9-3-7(12(13)14)1-2-8(6)9;10-4-6-5-12-9-3-7(11)1-2-8(6)9;/h1-3,5,11H;1-3,5,12H,11H2;1H4. The van der Waals surface area contributed by atoms with Gasteiger partial charge in [0.15, 0.2) is 0 Å². The number of nitrogens with zero attached hydrogens (tertiary/aromatic N) is 3. The number of nitrogen functional groups attached to an aromatic ring is 1. The second kappa shape index (κ2) is 7.72. The molecule has 8 nitrogen and oxygen atoms in total. The Hall–Kier alpha value is -4.30. The minimum Gasteiger partial charge on any atom is -0.399 e. The molecule has 8 heteroatoms. The molecule has 2 aromatic heterocycles. The summed E-state index contributed by atoms with van der Waals surface area (Å²) < 4.78 is 0. The van der Waals surface area contributed by atoms with Crippen LogP contribution in [0.4, 0.5) is 11.4 Å². The number of benzene rings is 2. The Morgan fingerprint density at radius 2 is 1.44 bits per heavy atom. The van der Waals surface area contributed by atoms with Crippen LogP contribution in [0.25, 0.3) is 21.8 Å². The first-order chi connectivity index (χ1) is 12.5. The van der Waals surface area contributed by atoms with Crippen LogP contribution in [-0.4, -0.2) is 14.9 Å². The summed E-state index contributed by atoms with van der Waals surface area (Å²) in [5.74, 6) is 0. The number of hydrogen-bond acceptors (Lipinski definition) is 5. The highest BCUT2D eigenvalue weighted by Gasteiger charge is 2.09. The van der Waals surface area contributed by atoms with Gasteiger partial charge in [-0.3, -0.25) is 10.1 Å². The quantitative estimate of drug-likeness (QED) is 0.264. The predicted molar refractivity (Wildman–Crippen MR) is 104 cm³/mol. The van der Waals surface area contributed by atoms with Crippen molar-refractivity contribution < 1.29 is 4.92 Å². The predicted octanol–water partition coefficient (Wildman–Crippen LogP) is 4.21. The largest absolute Gasteiger partial charge is 0.399 e. The maximum Gasteiger partial charge on any atom is 0.271 e. The van der Waals surface area contributed by atoms with Gasteiger partial charge in [0, 0.05) is 46.5 Å². The van der Waals surface area contributed by atoms with Crippen LogP contribution in [0.5, 0.6) is 0 Å². The van der Waals surface area contributed by atoms with Gasteiger partial charge in [-0.2, -0.15) is 10.5 Å². The fourth-order valence-corrected chi connectivity index (χ4v) is 2.56. The molecule has 0 amide bonds. The maximum absolute atomic E-state index is 10.4. The molecule has 27 heavy (non-hydrogen) atoms. The van der Waals surface area contributed by atoms with Crippen molar-refractivity contribution >= 4 is 33.2 Å². The zero-order chi connectivity index (χ0) is 18.7. The molecular formula is C19H16N6O2. The summed E-state index contributed by atoms with van der Waals surface area (Å²) in [6.45, 7) is 0. The fraction of sp³-hybridized carbons (Fsp3) is 0.0526. The third-order valence-electron chi connectivity index (χ3n) is 3.82. The van der Waals surface area contributed by atoms with Gasteiger partial charge in [-0.05, 0) is 24.3 Å². The van der Waals surface area contributed by atoms with Gasteiger partial charge in [-0.15, -0.1) is 0 Å². The van der Waals surface area contributed by atoms with E-state index in [1.165, 1.54) is 18.3 Å². The van der Waals surface area contributed by atoms with Crippen LogP contribution in [0, 0.1) is 32.8 Å². The van der Waals surface area contributed by atoms with Crippen molar-refractivity contribution in [3.63, 3.8) is 0 Å². The van der Waals surface area contributed by atoms with Crippen LogP contribution in [0.1, 0.15) is 18.6 Å². The van der Waals surface area contributed by atoms with Gasteiger partial charge in [0.25, 0.3) is 5.69 Å². The number of hydrogen-bond donors (Lipinski definition) is 3. The molecule has 0 saturated carbocycles. The Kier molecular flexibility index (Phi) is 5.44. The number of anilines is 1. The van der Waals surface area contributed by atoms with Crippen LogP contribution >= 0.6 is 0 Å². The number of fused-ring (bicyclic) bond motifs is 2. The first-order valence-corrected chi connectivity index (χ1v) is 7.46. The molecule has 0 spiro atoms. The summed E-state index contributed by atoms with van der Waals surface area (Å²) in [6.07, 6.45) is 3.22.